The summed E-state index contributed by atoms with van der Waals surface area (Å²) in [6.45, 7) is 0.713. The number of H-pyrrole nitrogens is 1. The SMILES string of the molecule is O=C(NCc1nc2ccccc2[nH]1)c1cccc(OCc2cscn2)c1. The van der Waals surface area contributed by atoms with Crippen molar-refractivity contribution >= 4 is 28.3 Å². The van der Waals surface area contributed by atoms with Crippen molar-refractivity contribution in [3.8, 4) is 5.75 Å². The number of nitrogens with one attached hydrogen (secondary N) is 2. The molecule has 2 aromatic heterocycles. The topological polar surface area (TPSA) is 79.9 Å². The van der Waals surface area contributed by atoms with Gasteiger partial charge in [-0.25, -0.2) is 9.97 Å². The summed E-state index contributed by atoms with van der Waals surface area (Å²) in [6.07, 6.45) is 0. The fourth-order valence-corrected chi connectivity index (χ4v) is 3.09. The highest BCUT2D eigenvalue weighted by Gasteiger charge is 2.09. The van der Waals surface area contributed by atoms with Gasteiger partial charge in [-0.3, -0.25) is 4.79 Å². The highest BCUT2D eigenvalue weighted by Crippen LogP contribution is 2.16. The maximum absolute atomic E-state index is 12.4. The highest BCUT2D eigenvalue weighted by molar-refractivity contribution is 7.07. The van der Waals surface area contributed by atoms with E-state index in [2.05, 4.69) is 20.3 Å². The van der Waals surface area contributed by atoms with Gasteiger partial charge in [-0.2, -0.15) is 0 Å². The molecule has 0 saturated carbocycles. The zero-order chi connectivity index (χ0) is 17.8. The summed E-state index contributed by atoms with van der Waals surface area (Å²) in [5.74, 6) is 1.18. The molecule has 0 spiro atoms. The van der Waals surface area contributed by atoms with Crippen LogP contribution in [-0.4, -0.2) is 20.9 Å². The molecule has 6 nitrogen and oxygen atoms in total. The van der Waals surface area contributed by atoms with Gasteiger partial charge >= 0.3 is 0 Å². The second-order valence-corrected chi connectivity index (χ2v) is 6.40. The van der Waals surface area contributed by atoms with Crippen molar-refractivity contribution in [1.82, 2.24) is 20.3 Å². The molecule has 0 atom stereocenters. The summed E-state index contributed by atoms with van der Waals surface area (Å²) in [7, 11) is 0. The molecule has 0 aliphatic heterocycles. The van der Waals surface area contributed by atoms with Crippen LogP contribution < -0.4 is 10.1 Å². The van der Waals surface area contributed by atoms with Crippen molar-refractivity contribution in [3.05, 3.63) is 76.5 Å². The molecule has 4 rings (SSSR count). The van der Waals surface area contributed by atoms with Gasteiger partial charge in [0.15, 0.2) is 0 Å². The Hall–Kier alpha value is -3.19. The first kappa shape index (κ1) is 16.3. The lowest BCUT2D eigenvalue weighted by Gasteiger charge is -2.07. The third-order valence-electron chi connectivity index (χ3n) is 3.82. The number of carbonyl (C=O) groups is 1. The Kier molecular flexibility index (Phi) is 4.61. The van der Waals surface area contributed by atoms with Crippen molar-refractivity contribution in [2.75, 3.05) is 0 Å². The molecule has 2 aromatic carbocycles. The molecule has 0 saturated heterocycles. The lowest BCUT2D eigenvalue weighted by molar-refractivity contribution is 0.0949. The molecule has 0 fully saturated rings. The first-order chi connectivity index (χ1) is 12.8. The quantitative estimate of drug-likeness (QED) is 0.548. The van der Waals surface area contributed by atoms with Crippen LogP contribution in [0.25, 0.3) is 11.0 Å². The van der Waals surface area contributed by atoms with E-state index in [9.17, 15) is 4.79 Å². The van der Waals surface area contributed by atoms with E-state index in [4.69, 9.17) is 4.74 Å². The Morgan fingerprint density at radius 2 is 2.12 bits per heavy atom. The lowest BCUT2D eigenvalue weighted by atomic mass is 10.2. The minimum absolute atomic E-state index is 0.176. The van der Waals surface area contributed by atoms with Crippen LogP contribution in [0.4, 0.5) is 0 Å². The molecule has 26 heavy (non-hydrogen) atoms. The molecule has 0 aliphatic rings. The maximum atomic E-state index is 12.4. The Labute approximate surface area is 153 Å². The Morgan fingerprint density at radius 3 is 2.96 bits per heavy atom. The molecule has 1 amide bonds. The molecule has 2 heterocycles. The largest absolute Gasteiger partial charge is 0.487 e. The number of thiazole rings is 1. The molecule has 0 aliphatic carbocycles. The van der Waals surface area contributed by atoms with Crippen LogP contribution in [0.2, 0.25) is 0 Å². The number of hydrogen-bond acceptors (Lipinski definition) is 5. The number of benzene rings is 2. The normalized spacial score (nSPS) is 10.8. The number of imidazole rings is 1. The zero-order valence-electron chi connectivity index (χ0n) is 13.8. The average molecular weight is 364 g/mol. The Bertz CT molecular complexity index is 994. The number of ether oxygens (including phenoxy) is 1. The molecular formula is C19H16N4O2S. The summed E-state index contributed by atoms with van der Waals surface area (Å²) >= 11 is 1.52. The number of para-hydroxylation sites is 2. The van der Waals surface area contributed by atoms with Crippen LogP contribution in [0.3, 0.4) is 0 Å². The fraction of sp³-hybridized carbons (Fsp3) is 0.105. The number of fused-ring (bicyclic) bond motifs is 1. The van der Waals surface area contributed by atoms with Crippen LogP contribution in [0.5, 0.6) is 5.75 Å². The number of nitrogens with zero attached hydrogens (tertiary/aromatic N) is 2. The van der Waals surface area contributed by atoms with E-state index in [1.807, 2.05) is 35.7 Å². The van der Waals surface area contributed by atoms with Crippen molar-refractivity contribution in [3.63, 3.8) is 0 Å². The van der Waals surface area contributed by atoms with Crippen molar-refractivity contribution in [2.45, 2.75) is 13.2 Å². The van der Waals surface area contributed by atoms with Gasteiger partial charge in [0.1, 0.15) is 18.2 Å². The van der Waals surface area contributed by atoms with E-state index in [0.29, 0.717) is 24.5 Å². The molecule has 0 bridgehead atoms. The molecular weight excluding hydrogens is 348 g/mol. The number of aromatic nitrogens is 3. The Balaban J connectivity index is 1.38. The second kappa shape index (κ2) is 7.37. The third-order valence-corrected chi connectivity index (χ3v) is 4.46. The number of rotatable bonds is 6. The van der Waals surface area contributed by atoms with E-state index in [1.54, 1.807) is 23.7 Å². The summed E-state index contributed by atoms with van der Waals surface area (Å²) in [6, 6.07) is 14.9. The third kappa shape index (κ3) is 3.73. The number of amides is 1. The van der Waals surface area contributed by atoms with Gasteiger partial charge in [-0.15, -0.1) is 11.3 Å². The summed E-state index contributed by atoms with van der Waals surface area (Å²) in [5.41, 5.74) is 5.01. The van der Waals surface area contributed by atoms with Crippen molar-refractivity contribution in [2.24, 2.45) is 0 Å². The van der Waals surface area contributed by atoms with Gasteiger partial charge in [0.05, 0.1) is 28.8 Å². The van der Waals surface area contributed by atoms with Gasteiger partial charge in [0.25, 0.3) is 5.91 Å². The van der Waals surface area contributed by atoms with E-state index in [1.165, 1.54) is 11.3 Å². The van der Waals surface area contributed by atoms with Crippen molar-refractivity contribution in [1.29, 1.82) is 0 Å². The maximum Gasteiger partial charge on any atom is 0.251 e. The van der Waals surface area contributed by atoms with Crippen molar-refractivity contribution < 1.29 is 9.53 Å². The summed E-state index contributed by atoms with van der Waals surface area (Å²) < 4.78 is 5.69. The van der Waals surface area contributed by atoms with E-state index >= 15 is 0 Å². The molecule has 7 heteroatoms. The Morgan fingerprint density at radius 1 is 1.19 bits per heavy atom. The highest BCUT2D eigenvalue weighted by atomic mass is 32.1. The number of hydrogen-bond donors (Lipinski definition) is 2. The molecule has 0 unspecified atom stereocenters. The van der Waals surface area contributed by atoms with Gasteiger partial charge in [-0.05, 0) is 30.3 Å². The van der Waals surface area contributed by atoms with Gasteiger partial charge in [0, 0.05) is 10.9 Å². The minimum Gasteiger partial charge on any atom is -0.487 e. The molecule has 2 N–H and O–H groups in total. The van der Waals surface area contributed by atoms with E-state index in [-0.39, 0.29) is 5.91 Å². The predicted molar refractivity (Wildman–Crippen MR) is 100 cm³/mol. The van der Waals surface area contributed by atoms with Crippen LogP contribution >= 0.6 is 11.3 Å². The molecule has 130 valence electrons. The van der Waals surface area contributed by atoms with Gasteiger partial charge < -0.3 is 15.0 Å². The standard InChI is InChI=1S/C19H16N4O2S/c24-19(20-9-18-22-16-6-1-2-7-17(16)23-18)13-4-3-5-15(8-13)25-10-14-11-26-12-21-14/h1-8,11-12H,9-10H2,(H,20,24)(H,22,23). The van der Waals surface area contributed by atoms with Crippen LogP contribution in [0.15, 0.2) is 59.4 Å². The smallest absolute Gasteiger partial charge is 0.251 e. The molecule has 4 aromatic rings. The predicted octanol–water partition coefficient (Wildman–Crippen LogP) is 3.53. The minimum atomic E-state index is -0.176. The van der Waals surface area contributed by atoms with Gasteiger partial charge in [0.2, 0.25) is 0 Å². The second-order valence-electron chi connectivity index (χ2n) is 5.68. The average Bonchev–Trinajstić information content (AvgIpc) is 3.33. The summed E-state index contributed by atoms with van der Waals surface area (Å²) in [4.78, 5) is 24.2. The fourth-order valence-electron chi connectivity index (χ4n) is 2.55. The monoisotopic (exact) mass is 364 g/mol. The first-order valence-electron chi connectivity index (χ1n) is 8.10. The van der Waals surface area contributed by atoms with E-state index < -0.39 is 0 Å². The lowest BCUT2D eigenvalue weighted by Crippen LogP contribution is -2.23. The van der Waals surface area contributed by atoms with Crippen LogP contribution in [0, 0.1) is 0 Å². The molecule has 0 radical (unpaired) electrons. The zero-order valence-corrected chi connectivity index (χ0v) is 14.6. The summed E-state index contributed by atoms with van der Waals surface area (Å²) in [5, 5.41) is 4.81. The number of carbonyl (C=O) groups excluding carboxylic acids is 1. The van der Waals surface area contributed by atoms with E-state index in [0.717, 1.165) is 22.6 Å². The van der Waals surface area contributed by atoms with Crippen LogP contribution in [0.1, 0.15) is 21.9 Å². The van der Waals surface area contributed by atoms with Crippen LogP contribution in [-0.2, 0) is 13.2 Å². The first-order valence-corrected chi connectivity index (χ1v) is 9.04. The van der Waals surface area contributed by atoms with Gasteiger partial charge in [-0.1, -0.05) is 18.2 Å². The number of aromatic amines is 1.